The molecule has 0 fully saturated rings. The molecule has 0 saturated heterocycles. The van der Waals surface area contributed by atoms with Crippen molar-refractivity contribution in [1.29, 1.82) is 0 Å². The van der Waals surface area contributed by atoms with Crippen molar-refractivity contribution in [3.05, 3.63) is 58.1 Å². The lowest BCUT2D eigenvalue weighted by Gasteiger charge is -2.20. The van der Waals surface area contributed by atoms with Gasteiger partial charge in [-0.05, 0) is 36.8 Å². The molecule has 3 rings (SSSR count). The Morgan fingerprint density at radius 2 is 1.88 bits per heavy atom. The summed E-state index contributed by atoms with van der Waals surface area (Å²) in [4.78, 5) is 12.0. The van der Waals surface area contributed by atoms with Gasteiger partial charge in [-0.1, -0.05) is 29.3 Å². The Kier molecular flexibility index (Phi) is 5.79. The minimum absolute atomic E-state index is 0.0656. The van der Waals surface area contributed by atoms with Crippen molar-refractivity contribution in [2.75, 3.05) is 26.3 Å². The van der Waals surface area contributed by atoms with Crippen molar-refractivity contribution in [2.24, 2.45) is 0 Å². The van der Waals surface area contributed by atoms with E-state index in [1.165, 1.54) is 0 Å². The van der Waals surface area contributed by atoms with Crippen LogP contribution in [0, 0.1) is 6.92 Å². The molecule has 2 aromatic rings. The maximum Gasteiger partial charge on any atom is 0.251 e. The zero-order valence-electron chi connectivity index (χ0n) is 14.1. The fourth-order valence-corrected chi connectivity index (χ4v) is 2.86. The first-order valence-corrected chi connectivity index (χ1v) is 8.65. The minimum atomic E-state index is -0.0656. The highest BCUT2D eigenvalue weighted by molar-refractivity contribution is 6.32. The molecule has 1 aliphatic heterocycles. The fourth-order valence-electron chi connectivity index (χ4n) is 2.57. The first-order valence-electron chi connectivity index (χ1n) is 8.27. The maximum atomic E-state index is 12.0. The number of fused-ring (bicyclic) bond motifs is 1. The van der Waals surface area contributed by atoms with Gasteiger partial charge >= 0.3 is 0 Å². The number of hydrogen-bond donors (Lipinski definition) is 2. The van der Waals surface area contributed by atoms with Gasteiger partial charge < -0.3 is 20.1 Å². The molecule has 2 aromatic carbocycles. The summed E-state index contributed by atoms with van der Waals surface area (Å²) < 4.78 is 11.1. The van der Waals surface area contributed by atoms with E-state index in [0.29, 0.717) is 54.9 Å². The lowest BCUT2D eigenvalue weighted by molar-refractivity contribution is 0.0954. The first kappa shape index (κ1) is 17.6. The molecule has 1 amide bonds. The Labute approximate surface area is 152 Å². The Hall–Kier alpha value is -2.24. The van der Waals surface area contributed by atoms with Crippen LogP contribution in [0.2, 0.25) is 5.02 Å². The summed E-state index contributed by atoms with van der Waals surface area (Å²) in [6.07, 6.45) is 0. The smallest absolute Gasteiger partial charge is 0.251 e. The summed E-state index contributed by atoms with van der Waals surface area (Å²) in [5, 5.41) is 6.73. The number of carbonyl (C=O) groups excluding carboxylic acids is 1. The van der Waals surface area contributed by atoms with Gasteiger partial charge in [0.05, 0.1) is 5.02 Å². The number of benzene rings is 2. The van der Waals surface area contributed by atoms with E-state index in [1.54, 1.807) is 0 Å². The highest BCUT2D eigenvalue weighted by atomic mass is 35.5. The van der Waals surface area contributed by atoms with Crippen molar-refractivity contribution in [3.8, 4) is 11.5 Å². The van der Waals surface area contributed by atoms with E-state index in [9.17, 15) is 4.79 Å². The maximum absolute atomic E-state index is 12.0. The van der Waals surface area contributed by atoms with Crippen LogP contribution in [-0.2, 0) is 6.54 Å². The topological polar surface area (TPSA) is 59.6 Å². The van der Waals surface area contributed by atoms with Gasteiger partial charge in [-0.15, -0.1) is 0 Å². The van der Waals surface area contributed by atoms with Crippen LogP contribution in [-0.4, -0.2) is 32.2 Å². The van der Waals surface area contributed by atoms with Crippen molar-refractivity contribution < 1.29 is 14.3 Å². The molecule has 0 saturated carbocycles. The van der Waals surface area contributed by atoms with Gasteiger partial charge in [-0.25, -0.2) is 0 Å². The molecule has 25 heavy (non-hydrogen) atoms. The summed E-state index contributed by atoms with van der Waals surface area (Å²) in [6.45, 7) is 4.89. The summed E-state index contributed by atoms with van der Waals surface area (Å²) in [5.74, 6) is 1.23. The zero-order chi connectivity index (χ0) is 17.6. The predicted molar refractivity (Wildman–Crippen MR) is 97.7 cm³/mol. The van der Waals surface area contributed by atoms with Crippen molar-refractivity contribution >= 4 is 17.5 Å². The number of halogens is 1. The summed E-state index contributed by atoms with van der Waals surface area (Å²) in [7, 11) is 0. The van der Waals surface area contributed by atoms with Gasteiger partial charge in [-0.2, -0.15) is 0 Å². The van der Waals surface area contributed by atoms with Crippen molar-refractivity contribution in [1.82, 2.24) is 10.6 Å². The molecule has 0 spiro atoms. The van der Waals surface area contributed by atoms with E-state index >= 15 is 0 Å². The zero-order valence-corrected chi connectivity index (χ0v) is 14.9. The Morgan fingerprint density at radius 3 is 2.68 bits per heavy atom. The molecule has 132 valence electrons. The normalized spacial score (nSPS) is 12.7. The van der Waals surface area contributed by atoms with Crippen LogP contribution >= 0.6 is 11.6 Å². The van der Waals surface area contributed by atoms with E-state index in [1.807, 2.05) is 43.3 Å². The summed E-state index contributed by atoms with van der Waals surface area (Å²) in [5.41, 5.74) is 2.82. The Bertz CT molecular complexity index is 747. The Morgan fingerprint density at radius 1 is 1.12 bits per heavy atom. The number of ether oxygens (including phenoxy) is 2. The van der Waals surface area contributed by atoms with Crippen LogP contribution < -0.4 is 20.1 Å². The van der Waals surface area contributed by atoms with Crippen LogP contribution in [0.4, 0.5) is 0 Å². The standard InChI is InChI=1S/C19H21ClN2O3/c1-13-2-4-15(5-3-13)19(23)22-7-6-21-12-14-10-16(20)18-17(11-14)24-8-9-25-18/h2-5,10-11,21H,6-9,12H2,1H3,(H,22,23). The molecule has 6 heteroatoms. The molecule has 0 radical (unpaired) electrons. The quantitative estimate of drug-likeness (QED) is 0.778. The van der Waals surface area contributed by atoms with E-state index in [4.69, 9.17) is 21.1 Å². The third kappa shape index (κ3) is 4.65. The molecule has 5 nitrogen and oxygen atoms in total. The molecule has 1 heterocycles. The monoisotopic (exact) mass is 360 g/mol. The average Bonchev–Trinajstić information content (AvgIpc) is 2.62. The number of aryl methyl sites for hydroxylation is 1. The van der Waals surface area contributed by atoms with Gasteiger partial charge in [0.2, 0.25) is 0 Å². The highest BCUT2D eigenvalue weighted by Crippen LogP contribution is 2.38. The van der Waals surface area contributed by atoms with Gasteiger partial charge in [0.25, 0.3) is 5.91 Å². The number of hydrogen-bond acceptors (Lipinski definition) is 4. The third-order valence-corrected chi connectivity index (χ3v) is 4.17. The van der Waals surface area contributed by atoms with Crippen molar-refractivity contribution in [3.63, 3.8) is 0 Å². The van der Waals surface area contributed by atoms with E-state index in [0.717, 1.165) is 11.1 Å². The average molecular weight is 361 g/mol. The second-order valence-corrected chi connectivity index (χ2v) is 6.31. The summed E-state index contributed by atoms with van der Waals surface area (Å²) in [6, 6.07) is 11.3. The molecular formula is C19H21ClN2O3. The van der Waals surface area contributed by atoms with E-state index < -0.39 is 0 Å². The van der Waals surface area contributed by atoms with Crippen LogP contribution in [0.5, 0.6) is 11.5 Å². The Balaban J connectivity index is 1.43. The molecule has 0 aliphatic carbocycles. The molecular weight excluding hydrogens is 340 g/mol. The molecule has 1 aliphatic rings. The van der Waals surface area contributed by atoms with E-state index in [2.05, 4.69) is 10.6 Å². The molecule has 0 aromatic heterocycles. The molecule has 0 atom stereocenters. The lowest BCUT2D eigenvalue weighted by atomic mass is 10.1. The van der Waals surface area contributed by atoms with Gasteiger partial charge in [0.1, 0.15) is 13.2 Å². The number of nitrogens with one attached hydrogen (secondary N) is 2. The predicted octanol–water partition coefficient (Wildman–Crippen LogP) is 2.94. The van der Waals surface area contributed by atoms with Crippen molar-refractivity contribution in [2.45, 2.75) is 13.5 Å². The molecule has 2 N–H and O–H groups in total. The summed E-state index contributed by atoms with van der Waals surface area (Å²) >= 11 is 6.22. The number of amides is 1. The van der Waals surface area contributed by atoms with Crippen LogP contribution in [0.3, 0.4) is 0 Å². The van der Waals surface area contributed by atoms with Gasteiger partial charge in [0, 0.05) is 25.2 Å². The van der Waals surface area contributed by atoms with Crippen LogP contribution in [0.25, 0.3) is 0 Å². The molecule has 0 bridgehead atoms. The third-order valence-electron chi connectivity index (χ3n) is 3.89. The number of carbonyl (C=O) groups is 1. The SMILES string of the molecule is Cc1ccc(C(=O)NCCNCc2cc(Cl)c3c(c2)OCCO3)cc1. The largest absolute Gasteiger partial charge is 0.486 e. The highest BCUT2D eigenvalue weighted by Gasteiger charge is 2.16. The molecule has 0 unspecified atom stereocenters. The van der Waals surface area contributed by atoms with Gasteiger partial charge in [0.15, 0.2) is 11.5 Å². The van der Waals surface area contributed by atoms with E-state index in [-0.39, 0.29) is 5.91 Å². The minimum Gasteiger partial charge on any atom is -0.486 e. The van der Waals surface area contributed by atoms with Gasteiger partial charge in [-0.3, -0.25) is 4.79 Å². The second kappa shape index (κ2) is 8.23. The second-order valence-electron chi connectivity index (χ2n) is 5.90. The number of rotatable bonds is 6. The lowest BCUT2D eigenvalue weighted by Crippen LogP contribution is -2.31. The fraction of sp³-hybridized carbons (Fsp3) is 0.316. The van der Waals surface area contributed by atoms with Crippen LogP contribution in [0.1, 0.15) is 21.5 Å². The van der Waals surface area contributed by atoms with Crippen LogP contribution in [0.15, 0.2) is 36.4 Å². The first-order chi connectivity index (χ1) is 12.1.